The van der Waals surface area contributed by atoms with Gasteiger partial charge in [0.25, 0.3) is 5.91 Å². The summed E-state index contributed by atoms with van der Waals surface area (Å²) in [4.78, 5) is 12.2. The summed E-state index contributed by atoms with van der Waals surface area (Å²) in [6.07, 6.45) is 0. The van der Waals surface area contributed by atoms with Crippen LogP contribution < -0.4 is 14.8 Å². The molecule has 1 aromatic rings. The van der Waals surface area contributed by atoms with Gasteiger partial charge >= 0.3 is 0 Å². The first-order valence-electron chi connectivity index (χ1n) is 6.56. The van der Waals surface area contributed by atoms with Gasteiger partial charge in [0.2, 0.25) is 0 Å². The molecule has 0 spiro atoms. The third kappa shape index (κ3) is 3.19. The smallest absolute Gasteiger partial charge is 0.251 e. The Morgan fingerprint density at radius 3 is 2.63 bits per heavy atom. The van der Waals surface area contributed by atoms with Crippen LogP contribution >= 0.6 is 0 Å². The number of hydrogen-bond donors (Lipinski definition) is 1. The number of ether oxygens (including phenoxy) is 2. The highest BCUT2D eigenvalue weighted by atomic mass is 16.6. The lowest BCUT2D eigenvalue weighted by atomic mass is 9.96. The lowest BCUT2D eigenvalue weighted by Crippen LogP contribution is -2.32. The maximum absolute atomic E-state index is 12.2. The second kappa shape index (κ2) is 5.11. The van der Waals surface area contributed by atoms with Crippen LogP contribution in [0, 0.1) is 12.3 Å². The van der Waals surface area contributed by atoms with Gasteiger partial charge in [-0.3, -0.25) is 4.79 Å². The molecule has 0 saturated carbocycles. The lowest BCUT2D eigenvalue weighted by molar-refractivity contribution is 0.0937. The summed E-state index contributed by atoms with van der Waals surface area (Å²) in [5.74, 6) is 1.34. The maximum Gasteiger partial charge on any atom is 0.251 e. The summed E-state index contributed by atoms with van der Waals surface area (Å²) in [6.45, 7) is 9.87. The summed E-state index contributed by atoms with van der Waals surface area (Å²) in [7, 11) is 0. The number of hydrogen-bond acceptors (Lipinski definition) is 3. The van der Waals surface area contributed by atoms with Crippen LogP contribution in [0.5, 0.6) is 11.5 Å². The number of benzene rings is 1. The van der Waals surface area contributed by atoms with Crippen molar-refractivity contribution in [3.05, 3.63) is 23.3 Å². The minimum absolute atomic E-state index is 0.0654. The molecular formula is C15H21NO3. The van der Waals surface area contributed by atoms with Crippen molar-refractivity contribution in [3.8, 4) is 11.5 Å². The average Bonchev–Trinajstić information content (AvgIpc) is 2.36. The number of nitrogens with one attached hydrogen (secondary N) is 1. The van der Waals surface area contributed by atoms with E-state index in [1.165, 1.54) is 0 Å². The van der Waals surface area contributed by atoms with Crippen LogP contribution in [0.4, 0.5) is 0 Å². The van der Waals surface area contributed by atoms with E-state index in [2.05, 4.69) is 26.1 Å². The van der Waals surface area contributed by atoms with Crippen molar-refractivity contribution < 1.29 is 14.3 Å². The monoisotopic (exact) mass is 263 g/mol. The van der Waals surface area contributed by atoms with Gasteiger partial charge in [0.15, 0.2) is 11.5 Å². The number of carbonyl (C=O) groups is 1. The Kier molecular flexibility index (Phi) is 3.69. The van der Waals surface area contributed by atoms with Gasteiger partial charge in [0, 0.05) is 17.7 Å². The van der Waals surface area contributed by atoms with Crippen LogP contribution in [0.2, 0.25) is 0 Å². The van der Waals surface area contributed by atoms with Gasteiger partial charge in [-0.15, -0.1) is 0 Å². The molecule has 1 aromatic carbocycles. The molecule has 4 nitrogen and oxygen atoms in total. The van der Waals surface area contributed by atoms with Crippen molar-refractivity contribution in [2.45, 2.75) is 27.7 Å². The Morgan fingerprint density at radius 1 is 1.26 bits per heavy atom. The highest BCUT2D eigenvalue weighted by molar-refractivity contribution is 5.96. The number of amides is 1. The zero-order valence-corrected chi connectivity index (χ0v) is 12.0. The van der Waals surface area contributed by atoms with E-state index >= 15 is 0 Å². The van der Waals surface area contributed by atoms with E-state index in [0.29, 0.717) is 31.1 Å². The SMILES string of the molecule is Cc1c(C(=O)NCC(C)(C)C)ccc2c1OCCO2. The fourth-order valence-electron chi connectivity index (χ4n) is 1.94. The van der Waals surface area contributed by atoms with Gasteiger partial charge in [-0.25, -0.2) is 0 Å². The molecule has 1 N–H and O–H groups in total. The predicted molar refractivity (Wildman–Crippen MR) is 74.0 cm³/mol. The molecule has 0 saturated heterocycles. The van der Waals surface area contributed by atoms with Crippen molar-refractivity contribution >= 4 is 5.91 Å². The average molecular weight is 263 g/mol. The van der Waals surface area contributed by atoms with Crippen molar-refractivity contribution in [2.24, 2.45) is 5.41 Å². The first-order valence-corrected chi connectivity index (χ1v) is 6.56. The summed E-state index contributed by atoms with van der Waals surface area (Å²) in [5, 5.41) is 2.95. The molecule has 1 aliphatic rings. The summed E-state index contributed by atoms with van der Waals surface area (Å²) >= 11 is 0. The molecule has 19 heavy (non-hydrogen) atoms. The van der Waals surface area contributed by atoms with Gasteiger partial charge in [0.05, 0.1) is 0 Å². The van der Waals surface area contributed by atoms with Gasteiger partial charge < -0.3 is 14.8 Å². The molecule has 0 fully saturated rings. The first kappa shape index (κ1) is 13.7. The second-order valence-corrected chi connectivity index (χ2v) is 6.01. The molecule has 0 aliphatic carbocycles. The Hall–Kier alpha value is -1.71. The third-order valence-corrected chi connectivity index (χ3v) is 2.98. The van der Waals surface area contributed by atoms with Crippen LogP contribution in [0.1, 0.15) is 36.7 Å². The van der Waals surface area contributed by atoms with Crippen molar-refractivity contribution in [2.75, 3.05) is 19.8 Å². The Morgan fingerprint density at radius 2 is 1.95 bits per heavy atom. The fraction of sp³-hybridized carbons (Fsp3) is 0.533. The molecule has 104 valence electrons. The zero-order valence-electron chi connectivity index (χ0n) is 12.0. The lowest BCUT2D eigenvalue weighted by Gasteiger charge is -2.22. The molecule has 4 heteroatoms. The van der Waals surface area contributed by atoms with E-state index in [-0.39, 0.29) is 11.3 Å². The second-order valence-electron chi connectivity index (χ2n) is 6.01. The Bertz CT molecular complexity index is 489. The van der Waals surface area contributed by atoms with Gasteiger partial charge in [-0.05, 0) is 24.5 Å². The van der Waals surface area contributed by atoms with Crippen LogP contribution in [0.15, 0.2) is 12.1 Å². The highest BCUT2D eigenvalue weighted by Crippen LogP contribution is 2.35. The molecule has 0 aromatic heterocycles. The molecule has 0 unspecified atom stereocenters. The Balaban J connectivity index is 2.19. The van der Waals surface area contributed by atoms with E-state index < -0.39 is 0 Å². The number of rotatable bonds is 2. The third-order valence-electron chi connectivity index (χ3n) is 2.98. The maximum atomic E-state index is 12.2. The topological polar surface area (TPSA) is 47.6 Å². The molecule has 0 bridgehead atoms. The standard InChI is InChI=1S/C15H21NO3/c1-10-11(14(17)16-9-15(2,3)4)5-6-12-13(10)19-8-7-18-12/h5-6H,7-9H2,1-4H3,(H,16,17). The molecule has 2 rings (SSSR count). The minimum atomic E-state index is -0.0654. The molecule has 0 atom stereocenters. The van der Waals surface area contributed by atoms with Crippen molar-refractivity contribution in [1.82, 2.24) is 5.32 Å². The van der Waals surface area contributed by atoms with E-state index in [0.717, 1.165) is 11.3 Å². The van der Waals surface area contributed by atoms with E-state index in [1.54, 1.807) is 12.1 Å². The van der Waals surface area contributed by atoms with Crippen molar-refractivity contribution in [1.29, 1.82) is 0 Å². The summed E-state index contributed by atoms with van der Waals surface area (Å²) in [6, 6.07) is 3.59. The fourth-order valence-corrected chi connectivity index (χ4v) is 1.94. The van der Waals surface area contributed by atoms with E-state index in [1.807, 2.05) is 6.92 Å². The largest absolute Gasteiger partial charge is 0.486 e. The minimum Gasteiger partial charge on any atom is -0.486 e. The molecule has 0 radical (unpaired) electrons. The van der Waals surface area contributed by atoms with Gasteiger partial charge in [-0.1, -0.05) is 20.8 Å². The van der Waals surface area contributed by atoms with E-state index in [9.17, 15) is 4.79 Å². The van der Waals surface area contributed by atoms with Crippen molar-refractivity contribution in [3.63, 3.8) is 0 Å². The number of fused-ring (bicyclic) bond motifs is 1. The van der Waals surface area contributed by atoms with Crippen LogP contribution in [0.25, 0.3) is 0 Å². The van der Waals surface area contributed by atoms with Crippen LogP contribution in [0.3, 0.4) is 0 Å². The quantitative estimate of drug-likeness (QED) is 0.892. The first-order chi connectivity index (χ1) is 8.88. The zero-order chi connectivity index (χ0) is 14.0. The van der Waals surface area contributed by atoms with E-state index in [4.69, 9.17) is 9.47 Å². The predicted octanol–water partition coefficient (Wildman–Crippen LogP) is 2.54. The molecular weight excluding hydrogens is 242 g/mol. The molecule has 1 heterocycles. The highest BCUT2D eigenvalue weighted by Gasteiger charge is 2.20. The van der Waals surface area contributed by atoms with Gasteiger partial charge in [-0.2, -0.15) is 0 Å². The van der Waals surface area contributed by atoms with Gasteiger partial charge in [0.1, 0.15) is 13.2 Å². The summed E-state index contributed by atoms with van der Waals surface area (Å²) in [5.41, 5.74) is 1.55. The van der Waals surface area contributed by atoms with Crippen LogP contribution in [-0.4, -0.2) is 25.7 Å². The molecule has 1 amide bonds. The number of carbonyl (C=O) groups excluding carboxylic acids is 1. The molecule has 1 aliphatic heterocycles. The normalized spacial score (nSPS) is 14.1. The summed E-state index contributed by atoms with van der Waals surface area (Å²) < 4.78 is 11.1. The van der Waals surface area contributed by atoms with Crippen LogP contribution in [-0.2, 0) is 0 Å². The Labute approximate surface area is 114 Å².